The third-order valence-electron chi connectivity index (χ3n) is 5.50. The molecular formula is C22H25N7O3S. The molecule has 0 bridgehead atoms. The van der Waals surface area contributed by atoms with E-state index >= 15 is 0 Å². The largest absolute Gasteiger partial charge is 0.380 e. The number of rotatable bonds is 8. The Kier molecular flexibility index (Phi) is 6.88. The summed E-state index contributed by atoms with van der Waals surface area (Å²) < 4.78 is 28.7. The summed E-state index contributed by atoms with van der Waals surface area (Å²) in [5.74, 6) is 0.138. The van der Waals surface area contributed by atoms with Crippen LogP contribution in [-0.4, -0.2) is 41.3 Å². The summed E-state index contributed by atoms with van der Waals surface area (Å²) in [7, 11) is -4.08. The minimum atomic E-state index is -4.08. The lowest BCUT2D eigenvalue weighted by Gasteiger charge is -2.28. The van der Waals surface area contributed by atoms with Gasteiger partial charge in [-0.1, -0.05) is 18.6 Å². The molecule has 0 radical (unpaired) electrons. The SMILES string of the molecule is N#Cc1ccc(N(Cc2ccc(OS(N)(=O)=O)cc2)n2cnnc2)cc1CN1CCCCC1. The van der Waals surface area contributed by atoms with Gasteiger partial charge in [0.25, 0.3) is 0 Å². The molecule has 33 heavy (non-hydrogen) atoms. The van der Waals surface area contributed by atoms with Crippen molar-refractivity contribution in [1.29, 1.82) is 5.26 Å². The number of nitrogens with two attached hydrogens (primary N) is 1. The zero-order valence-electron chi connectivity index (χ0n) is 18.0. The van der Waals surface area contributed by atoms with Gasteiger partial charge in [0.15, 0.2) is 0 Å². The number of nitriles is 1. The first-order chi connectivity index (χ1) is 15.9. The summed E-state index contributed by atoms with van der Waals surface area (Å²) in [5, 5.41) is 24.4. The predicted molar refractivity (Wildman–Crippen MR) is 122 cm³/mol. The topological polar surface area (TPSA) is 130 Å². The molecule has 1 fully saturated rings. The standard InChI is InChI=1S/C22H25N7O3S/c23-13-19-6-7-21(12-20(19)15-27-10-2-1-3-11-27)29(28-16-25-26-17-28)14-18-4-8-22(9-5-18)32-33(24,30)31/h4-9,12,16-17H,1-3,10-11,14-15H2,(H2,24,30,31). The first kappa shape index (κ1) is 22.7. The van der Waals surface area contributed by atoms with Gasteiger partial charge in [0, 0.05) is 6.54 Å². The molecule has 172 valence electrons. The van der Waals surface area contributed by atoms with E-state index in [2.05, 4.69) is 21.2 Å². The van der Waals surface area contributed by atoms with E-state index in [1.807, 2.05) is 23.2 Å². The summed E-state index contributed by atoms with van der Waals surface area (Å²) in [4.78, 5) is 2.39. The van der Waals surface area contributed by atoms with Crippen LogP contribution in [0.5, 0.6) is 5.75 Å². The highest BCUT2D eigenvalue weighted by atomic mass is 32.2. The van der Waals surface area contributed by atoms with Crippen molar-refractivity contribution in [3.63, 3.8) is 0 Å². The van der Waals surface area contributed by atoms with E-state index in [1.54, 1.807) is 41.6 Å². The number of hydrogen-bond donors (Lipinski definition) is 1. The quantitative estimate of drug-likeness (QED) is 0.533. The van der Waals surface area contributed by atoms with Gasteiger partial charge >= 0.3 is 10.3 Å². The van der Waals surface area contributed by atoms with Crippen molar-refractivity contribution >= 4 is 16.0 Å². The molecule has 2 heterocycles. The first-order valence-corrected chi connectivity index (χ1v) is 12.1. The minimum Gasteiger partial charge on any atom is -0.371 e. The van der Waals surface area contributed by atoms with E-state index in [0.717, 1.165) is 36.4 Å². The van der Waals surface area contributed by atoms with Gasteiger partial charge in [-0.2, -0.15) is 18.8 Å². The lowest BCUT2D eigenvalue weighted by molar-refractivity contribution is 0.221. The second-order valence-electron chi connectivity index (χ2n) is 7.91. The third kappa shape index (κ3) is 6.07. The molecule has 1 saturated heterocycles. The van der Waals surface area contributed by atoms with Gasteiger partial charge in [0.2, 0.25) is 0 Å². The Morgan fingerprint density at radius 3 is 2.39 bits per heavy atom. The van der Waals surface area contributed by atoms with Crippen molar-refractivity contribution < 1.29 is 12.6 Å². The van der Waals surface area contributed by atoms with Crippen molar-refractivity contribution in [2.24, 2.45) is 5.14 Å². The predicted octanol–water partition coefficient (Wildman–Crippen LogP) is 2.19. The summed E-state index contributed by atoms with van der Waals surface area (Å²) in [6, 6.07) is 14.7. The Balaban J connectivity index is 1.61. The lowest BCUT2D eigenvalue weighted by Crippen LogP contribution is -2.30. The third-order valence-corrected chi connectivity index (χ3v) is 5.93. The van der Waals surface area contributed by atoms with E-state index in [0.29, 0.717) is 12.1 Å². The summed E-state index contributed by atoms with van der Waals surface area (Å²) in [6.07, 6.45) is 6.81. The van der Waals surface area contributed by atoms with Crippen molar-refractivity contribution in [1.82, 2.24) is 19.8 Å². The number of likely N-dealkylation sites (tertiary alicyclic amines) is 1. The van der Waals surface area contributed by atoms with Crippen molar-refractivity contribution in [3.8, 4) is 11.8 Å². The average molecular weight is 468 g/mol. The highest BCUT2D eigenvalue weighted by Gasteiger charge is 2.16. The van der Waals surface area contributed by atoms with Crippen LogP contribution >= 0.6 is 0 Å². The lowest BCUT2D eigenvalue weighted by atomic mass is 10.0. The van der Waals surface area contributed by atoms with Gasteiger partial charge in [-0.25, -0.2) is 4.68 Å². The molecule has 1 aliphatic heterocycles. The Hall–Kier alpha value is -3.46. The maximum Gasteiger partial charge on any atom is 0.380 e. The first-order valence-electron chi connectivity index (χ1n) is 10.6. The molecular weight excluding hydrogens is 442 g/mol. The molecule has 0 saturated carbocycles. The van der Waals surface area contributed by atoms with E-state index in [9.17, 15) is 13.7 Å². The van der Waals surface area contributed by atoms with Crippen LogP contribution in [0.2, 0.25) is 0 Å². The molecule has 1 aromatic heterocycles. The second kappa shape index (κ2) is 9.99. The molecule has 2 N–H and O–H groups in total. The fourth-order valence-corrected chi connectivity index (χ4v) is 4.30. The monoisotopic (exact) mass is 467 g/mol. The molecule has 0 spiro atoms. The van der Waals surface area contributed by atoms with Gasteiger partial charge < -0.3 is 4.18 Å². The zero-order chi connectivity index (χ0) is 23.3. The minimum absolute atomic E-state index is 0.138. The molecule has 3 aromatic rings. The second-order valence-corrected chi connectivity index (χ2v) is 9.06. The molecule has 10 nitrogen and oxygen atoms in total. The van der Waals surface area contributed by atoms with E-state index in [4.69, 9.17) is 9.32 Å². The smallest absolute Gasteiger partial charge is 0.371 e. The normalized spacial score (nSPS) is 14.5. The molecule has 0 atom stereocenters. The average Bonchev–Trinajstić information content (AvgIpc) is 3.33. The maximum absolute atomic E-state index is 11.1. The van der Waals surface area contributed by atoms with Crippen LogP contribution in [0.4, 0.5) is 5.69 Å². The number of benzene rings is 2. The van der Waals surface area contributed by atoms with Crippen molar-refractivity contribution in [2.75, 3.05) is 18.1 Å². The fraction of sp³-hybridized carbons (Fsp3) is 0.318. The van der Waals surface area contributed by atoms with Crippen LogP contribution < -0.4 is 14.3 Å². The molecule has 2 aromatic carbocycles. The van der Waals surface area contributed by atoms with E-state index in [1.165, 1.54) is 19.3 Å². The highest BCUT2D eigenvalue weighted by molar-refractivity contribution is 7.84. The number of piperidine rings is 1. The summed E-state index contributed by atoms with van der Waals surface area (Å²) >= 11 is 0. The Bertz CT molecular complexity index is 1220. The Morgan fingerprint density at radius 1 is 1.06 bits per heavy atom. The van der Waals surface area contributed by atoms with Crippen LogP contribution in [0.1, 0.15) is 36.0 Å². The van der Waals surface area contributed by atoms with Crippen molar-refractivity contribution in [2.45, 2.75) is 32.4 Å². The molecule has 0 unspecified atom stereocenters. The van der Waals surface area contributed by atoms with Crippen LogP contribution in [0.25, 0.3) is 0 Å². The van der Waals surface area contributed by atoms with E-state index < -0.39 is 10.3 Å². The highest BCUT2D eigenvalue weighted by Crippen LogP contribution is 2.25. The molecule has 1 aliphatic rings. The molecule has 0 aliphatic carbocycles. The summed E-state index contributed by atoms with van der Waals surface area (Å²) in [6.45, 7) is 3.25. The summed E-state index contributed by atoms with van der Waals surface area (Å²) in [5.41, 5.74) is 3.42. The van der Waals surface area contributed by atoms with Crippen LogP contribution in [0.15, 0.2) is 55.1 Å². The molecule has 11 heteroatoms. The fourth-order valence-electron chi connectivity index (χ4n) is 3.92. The molecule has 0 amide bonds. The number of anilines is 1. The Morgan fingerprint density at radius 2 is 1.76 bits per heavy atom. The zero-order valence-corrected chi connectivity index (χ0v) is 18.9. The number of hydrogen-bond acceptors (Lipinski definition) is 8. The van der Waals surface area contributed by atoms with Crippen molar-refractivity contribution in [3.05, 3.63) is 71.8 Å². The van der Waals surface area contributed by atoms with Gasteiger partial charge in [-0.3, -0.25) is 9.91 Å². The van der Waals surface area contributed by atoms with Crippen LogP contribution in [0.3, 0.4) is 0 Å². The van der Waals surface area contributed by atoms with Gasteiger partial charge in [-0.15, -0.1) is 10.2 Å². The number of nitrogens with zero attached hydrogens (tertiary/aromatic N) is 6. The van der Waals surface area contributed by atoms with Gasteiger partial charge in [-0.05, 0) is 67.4 Å². The van der Waals surface area contributed by atoms with Gasteiger partial charge in [0.05, 0.1) is 23.9 Å². The molecule has 4 rings (SSSR count). The number of aromatic nitrogens is 3. The maximum atomic E-state index is 11.1. The van der Waals surface area contributed by atoms with Gasteiger partial charge in [0.1, 0.15) is 18.4 Å². The van der Waals surface area contributed by atoms with Crippen LogP contribution in [0, 0.1) is 11.3 Å². The Labute approximate surface area is 193 Å². The van der Waals surface area contributed by atoms with Crippen LogP contribution in [-0.2, 0) is 23.4 Å². The van der Waals surface area contributed by atoms with E-state index in [-0.39, 0.29) is 5.75 Å².